The molecule has 1 N–H and O–H groups in total. The van der Waals surface area contributed by atoms with Gasteiger partial charge in [0, 0.05) is 30.5 Å². The first-order chi connectivity index (χ1) is 12.1. The molecule has 5 heteroatoms. The first-order valence-corrected chi connectivity index (χ1v) is 8.17. The summed E-state index contributed by atoms with van der Waals surface area (Å²) in [6.07, 6.45) is 1.97. The summed E-state index contributed by atoms with van der Waals surface area (Å²) in [6.45, 7) is 0.579. The number of carbonyl (C=O) groups excluding carboxylic acids is 1. The smallest absolute Gasteiger partial charge is 0.159 e. The number of hydrogen-bond donors (Lipinski definition) is 1. The van der Waals surface area contributed by atoms with E-state index in [1.807, 2.05) is 30.3 Å². The van der Waals surface area contributed by atoms with E-state index in [1.54, 1.807) is 12.3 Å². The summed E-state index contributed by atoms with van der Waals surface area (Å²) in [5, 5.41) is 4.10. The number of nitrogens with zero attached hydrogens (tertiary/aromatic N) is 1. The molecule has 2 aromatic carbocycles. The van der Waals surface area contributed by atoms with Crippen LogP contribution in [0, 0.1) is 11.6 Å². The number of fused-ring (bicyclic) bond motifs is 1. The fraction of sp³-hybridized carbons (Fsp3) is 0.200. The third kappa shape index (κ3) is 2.91. The highest BCUT2D eigenvalue weighted by molar-refractivity contribution is 5.92. The molecule has 0 aliphatic carbocycles. The zero-order valence-electron chi connectivity index (χ0n) is 13.4. The van der Waals surface area contributed by atoms with Crippen molar-refractivity contribution < 1.29 is 13.6 Å². The molecule has 0 unspecified atom stereocenters. The predicted molar refractivity (Wildman–Crippen MR) is 91.3 cm³/mol. The second-order valence-electron chi connectivity index (χ2n) is 6.30. The quantitative estimate of drug-likeness (QED) is 0.793. The number of para-hydroxylation sites is 1. The van der Waals surface area contributed by atoms with Crippen molar-refractivity contribution in [1.29, 1.82) is 0 Å². The summed E-state index contributed by atoms with van der Waals surface area (Å²) in [5.41, 5.74) is 2.34. The Kier molecular flexibility index (Phi) is 4.01. The van der Waals surface area contributed by atoms with Crippen LogP contribution < -0.4 is 5.32 Å². The molecule has 2 atom stereocenters. The molecule has 1 aliphatic heterocycles. The second kappa shape index (κ2) is 6.33. The Morgan fingerprint density at radius 1 is 1.12 bits per heavy atom. The number of rotatable bonds is 4. The maximum Gasteiger partial charge on any atom is 0.159 e. The average molecular weight is 338 g/mol. The molecule has 1 aliphatic rings. The first kappa shape index (κ1) is 15.8. The summed E-state index contributed by atoms with van der Waals surface area (Å²) < 4.78 is 26.6. The third-order valence-corrected chi connectivity index (χ3v) is 4.76. The molecule has 3 aromatic rings. The lowest BCUT2D eigenvalue weighted by Gasteiger charge is -2.37. The molecule has 3 nitrogen and oxygen atoms in total. The fourth-order valence-corrected chi connectivity index (χ4v) is 3.35. The summed E-state index contributed by atoms with van der Waals surface area (Å²) in [6, 6.07) is 13.0. The molecule has 1 fully saturated rings. The molecule has 2 heterocycles. The van der Waals surface area contributed by atoms with Gasteiger partial charge in [-0.05, 0) is 29.3 Å². The number of ketones is 1. The van der Waals surface area contributed by atoms with Gasteiger partial charge in [-0.25, -0.2) is 8.78 Å². The van der Waals surface area contributed by atoms with Crippen LogP contribution in [0.1, 0.15) is 17.0 Å². The molecule has 0 spiro atoms. The van der Waals surface area contributed by atoms with Crippen molar-refractivity contribution in [2.24, 2.45) is 0 Å². The van der Waals surface area contributed by atoms with Crippen LogP contribution in [0.2, 0.25) is 0 Å². The Balaban J connectivity index is 1.55. The molecule has 1 saturated heterocycles. The van der Waals surface area contributed by atoms with Crippen LogP contribution in [0.25, 0.3) is 10.9 Å². The van der Waals surface area contributed by atoms with E-state index in [-0.39, 0.29) is 24.2 Å². The Morgan fingerprint density at radius 2 is 1.96 bits per heavy atom. The zero-order chi connectivity index (χ0) is 17.4. The van der Waals surface area contributed by atoms with Gasteiger partial charge in [0.1, 0.15) is 0 Å². The van der Waals surface area contributed by atoms with Crippen molar-refractivity contribution in [2.75, 3.05) is 6.54 Å². The number of carbonyl (C=O) groups is 1. The highest BCUT2D eigenvalue weighted by Crippen LogP contribution is 2.29. The van der Waals surface area contributed by atoms with Crippen LogP contribution in [0.15, 0.2) is 54.7 Å². The Labute approximate surface area is 143 Å². The Bertz CT molecular complexity index is 952. The third-order valence-electron chi connectivity index (χ3n) is 4.76. The van der Waals surface area contributed by atoms with Crippen LogP contribution in [-0.2, 0) is 11.2 Å². The average Bonchev–Trinajstić information content (AvgIpc) is 2.57. The van der Waals surface area contributed by atoms with E-state index in [4.69, 9.17) is 0 Å². The van der Waals surface area contributed by atoms with Crippen LogP contribution in [0.5, 0.6) is 0 Å². The lowest BCUT2D eigenvalue weighted by Crippen LogP contribution is -2.56. The number of benzene rings is 2. The van der Waals surface area contributed by atoms with Crippen molar-refractivity contribution in [3.8, 4) is 0 Å². The van der Waals surface area contributed by atoms with Gasteiger partial charge < -0.3 is 5.32 Å². The van der Waals surface area contributed by atoms with E-state index >= 15 is 0 Å². The van der Waals surface area contributed by atoms with Crippen molar-refractivity contribution in [3.05, 3.63) is 77.5 Å². The van der Waals surface area contributed by atoms with E-state index in [9.17, 15) is 13.6 Å². The van der Waals surface area contributed by atoms with Gasteiger partial charge >= 0.3 is 0 Å². The van der Waals surface area contributed by atoms with Crippen LogP contribution in [0.4, 0.5) is 8.78 Å². The van der Waals surface area contributed by atoms with Crippen LogP contribution in [-0.4, -0.2) is 23.4 Å². The maximum absolute atomic E-state index is 13.5. The standard InChI is InChI=1S/C20H16F2N2O/c21-16-7-6-13(9-17(16)22)15-11-24-20(15)18(25)10-14-4-1-3-12-5-2-8-23-19(12)14/h1-9,15,20,24H,10-11H2/t15-,20-/m0/s1. The van der Waals surface area contributed by atoms with Crippen molar-refractivity contribution >= 4 is 16.7 Å². The van der Waals surface area contributed by atoms with E-state index in [2.05, 4.69) is 10.3 Å². The molecule has 0 bridgehead atoms. The molecule has 0 saturated carbocycles. The fourth-order valence-electron chi connectivity index (χ4n) is 3.35. The van der Waals surface area contributed by atoms with Gasteiger partial charge in [-0.15, -0.1) is 0 Å². The number of aromatic nitrogens is 1. The minimum atomic E-state index is -0.881. The number of Topliss-reactive ketones (excluding diaryl/α,β-unsaturated/α-hetero) is 1. The molecule has 25 heavy (non-hydrogen) atoms. The molecule has 0 amide bonds. The zero-order valence-corrected chi connectivity index (χ0v) is 13.4. The van der Waals surface area contributed by atoms with E-state index in [1.165, 1.54) is 6.07 Å². The SMILES string of the molecule is O=C(Cc1cccc2cccnc12)[C@H]1NC[C@H]1c1ccc(F)c(F)c1. The minimum Gasteiger partial charge on any atom is -0.306 e. The monoisotopic (exact) mass is 338 g/mol. The van der Waals surface area contributed by atoms with Gasteiger partial charge in [-0.3, -0.25) is 9.78 Å². The Morgan fingerprint density at radius 3 is 2.72 bits per heavy atom. The lowest BCUT2D eigenvalue weighted by atomic mass is 9.81. The van der Waals surface area contributed by atoms with E-state index in [0.717, 1.165) is 22.5 Å². The van der Waals surface area contributed by atoms with Crippen molar-refractivity contribution in [2.45, 2.75) is 18.4 Å². The van der Waals surface area contributed by atoms with Gasteiger partial charge in [0.2, 0.25) is 0 Å². The molecule has 1 aromatic heterocycles. The van der Waals surface area contributed by atoms with E-state index < -0.39 is 11.6 Å². The topological polar surface area (TPSA) is 42.0 Å². The maximum atomic E-state index is 13.5. The van der Waals surface area contributed by atoms with Gasteiger partial charge in [0.25, 0.3) is 0 Å². The molecule has 4 rings (SSSR count). The minimum absolute atomic E-state index is 0.0270. The second-order valence-corrected chi connectivity index (χ2v) is 6.30. The van der Waals surface area contributed by atoms with Gasteiger partial charge in [0.15, 0.2) is 17.4 Å². The van der Waals surface area contributed by atoms with Crippen LogP contribution in [0.3, 0.4) is 0 Å². The predicted octanol–water partition coefficient (Wildman–Crippen LogP) is 3.38. The largest absolute Gasteiger partial charge is 0.306 e. The summed E-state index contributed by atoms with van der Waals surface area (Å²) in [5.74, 6) is -1.86. The van der Waals surface area contributed by atoms with Gasteiger partial charge in [-0.2, -0.15) is 0 Å². The highest BCUT2D eigenvalue weighted by Gasteiger charge is 2.37. The first-order valence-electron chi connectivity index (χ1n) is 8.17. The van der Waals surface area contributed by atoms with Crippen molar-refractivity contribution in [1.82, 2.24) is 10.3 Å². The number of nitrogens with one attached hydrogen (secondary N) is 1. The normalized spacial score (nSPS) is 19.6. The highest BCUT2D eigenvalue weighted by atomic mass is 19.2. The van der Waals surface area contributed by atoms with Crippen LogP contribution >= 0.6 is 0 Å². The van der Waals surface area contributed by atoms with Gasteiger partial charge in [0.05, 0.1) is 11.6 Å². The molecular formula is C20H16F2N2O. The number of halogens is 2. The molecule has 0 radical (unpaired) electrons. The van der Waals surface area contributed by atoms with Crippen molar-refractivity contribution in [3.63, 3.8) is 0 Å². The van der Waals surface area contributed by atoms with Gasteiger partial charge in [-0.1, -0.05) is 30.3 Å². The lowest BCUT2D eigenvalue weighted by molar-refractivity contribution is -0.122. The number of hydrogen-bond acceptors (Lipinski definition) is 3. The number of pyridine rings is 1. The summed E-state index contributed by atoms with van der Waals surface area (Å²) >= 11 is 0. The molecular weight excluding hydrogens is 322 g/mol. The van der Waals surface area contributed by atoms with E-state index in [0.29, 0.717) is 12.1 Å². The summed E-state index contributed by atoms with van der Waals surface area (Å²) in [4.78, 5) is 17.1. The molecule has 126 valence electrons. The summed E-state index contributed by atoms with van der Waals surface area (Å²) in [7, 11) is 0. The Hall–Kier alpha value is -2.66.